The van der Waals surface area contributed by atoms with E-state index in [-0.39, 0.29) is 18.1 Å². The quantitative estimate of drug-likeness (QED) is 0.354. The van der Waals surface area contributed by atoms with Crippen LogP contribution in [0.4, 0.5) is 10.1 Å². The smallest absolute Gasteiger partial charge is 0.224 e. The van der Waals surface area contributed by atoms with Crippen molar-refractivity contribution in [2.45, 2.75) is 25.8 Å². The predicted molar refractivity (Wildman–Crippen MR) is 119 cm³/mol. The molecule has 1 unspecified atom stereocenters. The Morgan fingerprint density at radius 1 is 1.13 bits per heavy atom. The van der Waals surface area contributed by atoms with Crippen molar-refractivity contribution in [2.75, 3.05) is 37.6 Å². The van der Waals surface area contributed by atoms with Gasteiger partial charge in [-0.25, -0.2) is 4.39 Å². The van der Waals surface area contributed by atoms with E-state index in [9.17, 15) is 9.18 Å². The van der Waals surface area contributed by atoms with Crippen LogP contribution in [0.1, 0.15) is 18.9 Å². The number of amides is 1. The lowest BCUT2D eigenvalue weighted by molar-refractivity contribution is -0.120. The van der Waals surface area contributed by atoms with Gasteiger partial charge in [0.1, 0.15) is 5.82 Å². The Labute approximate surface area is 177 Å². The molecule has 1 aliphatic heterocycles. The summed E-state index contributed by atoms with van der Waals surface area (Å²) in [5.41, 5.74) is 2.03. The Bertz CT molecular complexity index is 825. The van der Waals surface area contributed by atoms with Crippen molar-refractivity contribution in [3.05, 3.63) is 66.0 Å². The third kappa shape index (κ3) is 6.76. The third-order valence-corrected chi connectivity index (χ3v) is 4.98. The number of hydrogen-bond acceptors (Lipinski definition) is 3. The van der Waals surface area contributed by atoms with E-state index in [0.29, 0.717) is 19.1 Å². The first-order valence-corrected chi connectivity index (χ1v) is 10.5. The van der Waals surface area contributed by atoms with Crippen LogP contribution >= 0.6 is 0 Å². The predicted octanol–water partition coefficient (Wildman–Crippen LogP) is 2.32. The number of guanidine groups is 1. The molecule has 0 radical (unpaired) electrons. The molecule has 160 valence electrons. The molecular weight excluding hydrogens is 381 g/mol. The third-order valence-electron chi connectivity index (χ3n) is 4.98. The zero-order chi connectivity index (χ0) is 21.2. The maximum absolute atomic E-state index is 12.9. The highest BCUT2D eigenvalue weighted by Gasteiger charge is 2.23. The van der Waals surface area contributed by atoms with Gasteiger partial charge in [0.25, 0.3) is 0 Å². The summed E-state index contributed by atoms with van der Waals surface area (Å²) in [5.74, 6) is 0.375. The van der Waals surface area contributed by atoms with Crippen molar-refractivity contribution in [3.63, 3.8) is 0 Å². The van der Waals surface area contributed by atoms with Gasteiger partial charge in [-0.3, -0.25) is 9.79 Å². The number of nitrogens with zero attached hydrogens (tertiary/aromatic N) is 2. The van der Waals surface area contributed by atoms with Gasteiger partial charge in [0, 0.05) is 37.9 Å². The van der Waals surface area contributed by atoms with E-state index < -0.39 is 0 Å². The van der Waals surface area contributed by atoms with Crippen LogP contribution < -0.4 is 20.9 Å². The van der Waals surface area contributed by atoms with E-state index in [1.165, 1.54) is 17.8 Å². The van der Waals surface area contributed by atoms with Gasteiger partial charge in [-0.2, -0.15) is 0 Å². The first kappa shape index (κ1) is 21.6. The number of hydrogen-bond donors (Lipinski definition) is 3. The van der Waals surface area contributed by atoms with Gasteiger partial charge in [-0.15, -0.1) is 0 Å². The van der Waals surface area contributed by atoms with E-state index in [2.05, 4.69) is 50.1 Å². The second-order valence-electron chi connectivity index (χ2n) is 7.33. The summed E-state index contributed by atoms with van der Waals surface area (Å²) in [5, 5.41) is 9.63. The first-order chi connectivity index (χ1) is 14.6. The highest BCUT2D eigenvalue weighted by molar-refractivity contribution is 5.80. The molecule has 30 heavy (non-hydrogen) atoms. The molecule has 2 aromatic carbocycles. The van der Waals surface area contributed by atoms with Crippen LogP contribution in [0.25, 0.3) is 0 Å². The van der Waals surface area contributed by atoms with Crippen LogP contribution in [0.5, 0.6) is 0 Å². The van der Waals surface area contributed by atoms with Gasteiger partial charge < -0.3 is 20.9 Å². The maximum atomic E-state index is 12.9. The van der Waals surface area contributed by atoms with Crippen LogP contribution in [-0.4, -0.2) is 50.6 Å². The number of rotatable bonds is 8. The molecule has 0 spiro atoms. The topological polar surface area (TPSA) is 68.8 Å². The van der Waals surface area contributed by atoms with Gasteiger partial charge in [0.2, 0.25) is 5.91 Å². The first-order valence-electron chi connectivity index (χ1n) is 10.5. The minimum absolute atomic E-state index is 0.0935. The van der Waals surface area contributed by atoms with E-state index in [1.54, 1.807) is 12.1 Å². The molecule has 1 fully saturated rings. The summed E-state index contributed by atoms with van der Waals surface area (Å²) >= 11 is 0. The SMILES string of the molecule is CCNC(=NCCNC(=O)Cc1ccc(F)cc1)NC1CCN(c2ccccc2)C1. The van der Waals surface area contributed by atoms with Crippen LogP contribution in [0.15, 0.2) is 59.6 Å². The second-order valence-corrected chi connectivity index (χ2v) is 7.33. The number of benzene rings is 2. The van der Waals surface area contributed by atoms with Crippen molar-refractivity contribution < 1.29 is 9.18 Å². The molecule has 0 aliphatic carbocycles. The largest absolute Gasteiger partial charge is 0.369 e. The number of halogens is 1. The lowest BCUT2D eigenvalue weighted by atomic mass is 10.1. The van der Waals surface area contributed by atoms with Crippen LogP contribution in [0.2, 0.25) is 0 Å². The fraction of sp³-hybridized carbons (Fsp3) is 0.391. The zero-order valence-corrected chi connectivity index (χ0v) is 17.4. The standard InChI is InChI=1S/C23H30FN5O/c1-2-25-23(28-20-12-15-29(17-20)21-6-4-3-5-7-21)27-14-13-26-22(30)16-18-8-10-19(24)11-9-18/h3-11,20H,2,12-17H2,1H3,(H,26,30)(H2,25,27,28). The van der Waals surface area contributed by atoms with Gasteiger partial charge in [0.05, 0.1) is 13.0 Å². The summed E-state index contributed by atoms with van der Waals surface area (Å²) in [7, 11) is 0. The number of para-hydroxylation sites is 1. The monoisotopic (exact) mass is 411 g/mol. The van der Waals surface area contributed by atoms with Crippen LogP contribution in [0.3, 0.4) is 0 Å². The summed E-state index contributed by atoms with van der Waals surface area (Å²) in [6, 6.07) is 16.7. The lowest BCUT2D eigenvalue weighted by Crippen LogP contribution is -2.45. The van der Waals surface area contributed by atoms with Crippen molar-refractivity contribution in [3.8, 4) is 0 Å². The number of aliphatic imine (C=N–C) groups is 1. The molecule has 3 rings (SSSR count). The molecule has 0 aromatic heterocycles. The summed E-state index contributed by atoms with van der Waals surface area (Å²) in [6.45, 7) is 5.70. The molecule has 1 aliphatic rings. The maximum Gasteiger partial charge on any atom is 0.224 e. The highest BCUT2D eigenvalue weighted by atomic mass is 19.1. The molecule has 3 N–H and O–H groups in total. The molecule has 0 saturated carbocycles. The summed E-state index contributed by atoms with van der Waals surface area (Å²) in [4.78, 5) is 19.0. The van der Waals surface area contributed by atoms with Crippen molar-refractivity contribution in [2.24, 2.45) is 4.99 Å². The van der Waals surface area contributed by atoms with E-state index in [1.807, 2.05) is 13.0 Å². The Hall–Kier alpha value is -3.09. The Kier molecular flexibility index (Phi) is 8.06. The molecule has 2 aromatic rings. The highest BCUT2D eigenvalue weighted by Crippen LogP contribution is 2.19. The number of nitrogens with one attached hydrogen (secondary N) is 3. The normalized spacial score (nSPS) is 16.4. The second kappa shape index (κ2) is 11.2. The molecule has 1 saturated heterocycles. The minimum atomic E-state index is -0.300. The Morgan fingerprint density at radius 3 is 2.63 bits per heavy atom. The number of carbonyl (C=O) groups is 1. The average Bonchev–Trinajstić information content (AvgIpc) is 3.22. The van der Waals surface area contributed by atoms with E-state index >= 15 is 0 Å². The van der Waals surface area contributed by atoms with Crippen LogP contribution in [-0.2, 0) is 11.2 Å². The van der Waals surface area contributed by atoms with Gasteiger partial charge in [-0.05, 0) is 43.2 Å². The fourth-order valence-electron chi connectivity index (χ4n) is 3.48. The zero-order valence-electron chi connectivity index (χ0n) is 17.4. The van der Waals surface area contributed by atoms with Gasteiger partial charge in [-0.1, -0.05) is 30.3 Å². The van der Waals surface area contributed by atoms with Gasteiger partial charge >= 0.3 is 0 Å². The minimum Gasteiger partial charge on any atom is -0.369 e. The fourth-order valence-corrected chi connectivity index (χ4v) is 3.48. The molecule has 1 heterocycles. The van der Waals surface area contributed by atoms with Gasteiger partial charge in [0.15, 0.2) is 5.96 Å². The van der Waals surface area contributed by atoms with Crippen molar-refractivity contribution in [1.82, 2.24) is 16.0 Å². The Morgan fingerprint density at radius 2 is 1.90 bits per heavy atom. The van der Waals surface area contributed by atoms with E-state index in [0.717, 1.165) is 37.6 Å². The molecule has 0 bridgehead atoms. The van der Waals surface area contributed by atoms with Crippen molar-refractivity contribution in [1.29, 1.82) is 0 Å². The molecule has 1 atom stereocenters. The average molecular weight is 412 g/mol. The van der Waals surface area contributed by atoms with Crippen molar-refractivity contribution >= 4 is 17.6 Å². The number of anilines is 1. The molecule has 6 nitrogen and oxygen atoms in total. The Balaban J connectivity index is 1.42. The summed E-state index contributed by atoms with van der Waals surface area (Å²) in [6.07, 6.45) is 1.29. The summed E-state index contributed by atoms with van der Waals surface area (Å²) < 4.78 is 12.9. The van der Waals surface area contributed by atoms with Crippen LogP contribution in [0, 0.1) is 5.82 Å². The number of carbonyl (C=O) groups excluding carboxylic acids is 1. The van der Waals surface area contributed by atoms with E-state index in [4.69, 9.17) is 0 Å². The molecular formula is C23H30FN5O. The molecule has 7 heteroatoms. The molecule has 1 amide bonds. The lowest BCUT2D eigenvalue weighted by Gasteiger charge is -2.20.